The molecule has 1 aromatic heterocycles. The highest BCUT2D eigenvalue weighted by molar-refractivity contribution is 6.42. The van der Waals surface area contributed by atoms with E-state index < -0.39 is 0 Å². The first-order valence-corrected chi connectivity index (χ1v) is 8.24. The second-order valence-electron chi connectivity index (χ2n) is 5.74. The summed E-state index contributed by atoms with van der Waals surface area (Å²) < 4.78 is 2.21. The summed E-state index contributed by atoms with van der Waals surface area (Å²) in [5.74, 6) is 0.670. The Morgan fingerprint density at radius 2 is 1.77 bits per heavy atom. The third-order valence-electron chi connectivity index (χ3n) is 4.20. The highest BCUT2D eigenvalue weighted by atomic mass is 35.5. The molecule has 0 N–H and O–H groups in total. The lowest BCUT2D eigenvalue weighted by atomic mass is 9.96. The molecule has 22 heavy (non-hydrogen) atoms. The molecule has 1 aliphatic rings. The number of carbonyl (C=O) groups is 1. The predicted octanol–water partition coefficient (Wildman–Crippen LogP) is 4.35. The smallest absolute Gasteiger partial charge is 0.253 e. The molecule has 116 valence electrons. The number of nitrogens with zero attached hydrogens (tertiary/aromatic N) is 2. The van der Waals surface area contributed by atoms with Gasteiger partial charge in [-0.3, -0.25) is 4.79 Å². The molecule has 1 amide bonds. The fraction of sp³-hybridized carbons (Fsp3) is 0.353. The van der Waals surface area contributed by atoms with Crippen LogP contribution in [-0.2, 0) is 6.54 Å². The van der Waals surface area contributed by atoms with Crippen LogP contribution in [0.3, 0.4) is 0 Å². The van der Waals surface area contributed by atoms with E-state index >= 15 is 0 Å². The van der Waals surface area contributed by atoms with Crippen molar-refractivity contribution in [3.63, 3.8) is 0 Å². The maximum absolute atomic E-state index is 12.5. The van der Waals surface area contributed by atoms with Gasteiger partial charge in [-0.25, -0.2) is 0 Å². The van der Waals surface area contributed by atoms with E-state index in [1.165, 1.54) is 0 Å². The molecule has 5 heteroatoms. The first kappa shape index (κ1) is 15.4. The van der Waals surface area contributed by atoms with Gasteiger partial charge in [0, 0.05) is 37.6 Å². The first-order chi connectivity index (χ1) is 10.6. The standard InChI is InChI=1S/C17H18Cl2N2O/c18-15-4-3-14(11-16(15)19)17(22)21-9-5-13(6-10-21)12-20-7-1-2-8-20/h1-4,7-8,11,13H,5-6,9-10,12H2. The topological polar surface area (TPSA) is 25.2 Å². The van der Waals surface area contributed by atoms with Gasteiger partial charge in [-0.05, 0) is 49.1 Å². The number of carbonyl (C=O) groups excluding carboxylic acids is 1. The first-order valence-electron chi connectivity index (χ1n) is 7.48. The highest BCUT2D eigenvalue weighted by Gasteiger charge is 2.24. The second-order valence-corrected chi connectivity index (χ2v) is 6.56. The SMILES string of the molecule is O=C(c1ccc(Cl)c(Cl)c1)N1CCC(Cn2cccc2)CC1. The lowest BCUT2D eigenvalue weighted by Crippen LogP contribution is -2.39. The van der Waals surface area contributed by atoms with E-state index in [2.05, 4.69) is 17.0 Å². The Bertz CT molecular complexity index is 647. The Morgan fingerprint density at radius 3 is 2.41 bits per heavy atom. The van der Waals surface area contributed by atoms with E-state index in [1.54, 1.807) is 18.2 Å². The monoisotopic (exact) mass is 336 g/mol. The molecule has 0 saturated carbocycles. The number of hydrogen-bond donors (Lipinski definition) is 0. The van der Waals surface area contributed by atoms with Crippen molar-refractivity contribution >= 4 is 29.1 Å². The van der Waals surface area contributed by atoms with Crippen LogP contribution < -0.4 is 0 Å². The fourth-order valence-corrected chi connectivity index (χ4v) is 3.22. The minimum Gasteiger partial charge on any atom is -0.354 e. The third kappa shape index (κ3) is 3.47. The molecule has 0 spiro atoms. The zero-order valence-electron chi connectivity index (χ0n) is 12.2. The number of piperidine rings is 1. The number of rotatable bonds is 3. The normalized spacial score (nSPS) is 16.0. The van der Waals surface area contributed by atoms with Crippen LogP contribution >= 0.6 is 23.2 Å². The lowest BCUT2D eigenvalue weighted by molar-refractivity contribution is 0.0683. The zero-order chi connectivity index (χ0) is 15.5. The average Bonchev–Trinajstić information content (AvgIpc) is 3.03. The van der Waals surface area contributed by atoms with Gasteiger partial charge in [-0.1, -0.05) is 23.2 Å². The van der Waals surface area contributed by atoms with E-state index in [1.807, 2.05) is 17.0 Å². The average molecular weight is 337 g/mol. The molecule has 1 fully saturated rings. The number of benzene rings is 1. The van der Waals surface area contributed by atoms with Crippen molar-refractivity contribution in [3.05, 3.63) is 58.3 Å². The molecule has 1 aliphatic heterocycles. The van der Waals surface area contributed by atoms with Crippen LogP contribution in [0.2, 0.25) is 10.0 Å². The van der Waals surface area contributed by atoms with E-state index in [4.69, 9.17) is 23.2 Å². The number of amides is 1. The second kappa shape index (κ2) is 6.76. The van der Waals surface area contributed by atoms with Crippen molar-refractivity contribution in [2.45, 2.75) is 19.4 Å². The minimum atomic E-state index is 0.0398. The molecule has 1 saturated heterocycles. The summed E-state index contributed by atoms with van der Waals surface area (Å²) in [6.45, 7) is 2.62. The third-order valence-corrected chi connectivity index (χ3v) is 4.94. The number of aromatic nitrogens is 1. The number of likely N-dealkylation sites (tertiary alicyclic amines) is 1. The van der Waals surface area contributed by atoms with Crippen LogP contribution in [0.1, 0.15) is 23.2 Å². The van der Waals surface area contributed by atoms with Gasteiger partial charge in [0.1, 0.15) is 0 Å². The summed E-state index contributed by atoms with van der Waals surface area (Å²) >= 11 is 11.9. The largest absolute Gasteiger partial charge is 0.354 e. The predicted molar refractivity (Wildman–Crippen MR) is 89.5 cm³/mol. The van der Waals surface area contributed by atoms with Crippen molar-refractivity contribution in [3.8, 4) is 0 Å². The van der Waals surface area contributed by atoms with Gasteiger partial charge in [0.2, 0.25) is 0 Å². The van der Waals surface area contributed by atoms with Crippen LogP contribution in [0, 0.1) is 5.92 Å². The molecule has 2 aromatic rings. The minimum absolute atomic E-state index is 0.0398. The molecule has 0 unspecified atom stereocenters. The van der Waals surface area contributed by atoms with Gasteiger partial charge in [-0.15, -0.1) is 0 Å². The Kier molecular flexibility index (Phi) is 4.74. The maximum Gasteiger partial charge on any atom is 0.253 e. The summed E-state index contributed by atoms with van der Waals surface area (Å²) in [7, 11) is 0. The Balaban J connectivity index is 1.58. The molecular weight excluding hydrogens is 319 g/mol. The Hall–Kier alpha value is -1.45. The summed E-state index contributed by atoms with van der Waals surface area (Å²) in [5.41, 5.74) is 0.609. The van der Waals surface area contributed by atoms with E-state index in [9.17, 15) is 4.79 Å². The molecule has 2 heterocycles. The van der Waals surface area contributed by atoms with Crippen LogP contribution in [0.25, 0.3) is 0 Å². The fourth-order valence-electron chi connectivity index (χ4n) is 2.92. The molecule has 0 bridgehead atoms. The van der Waals surface area contributed by atoms with Crippen LogP contribution in [0.5, 0.6) is 0 Å². The van der Waals surface area contributed by atoms with Crippen molar-refractivity contribution in [1.29, 1.82) is 0 Å². The van der Waals surface area contributed by atoms with Crippen molar-refractivity contribution in [2.24, 2.45) is 5.92 Å². The lowest BCUT2D eigenvalue weighted by Gasteiger charge is -2.32. The molecule has 0 aliphatic carbocycles. The van der Waals surface area contributed by atoms with Gasteiger partial charge in [0.15, 0.2) is 0 Å². The van der Waals surface area contributed by atoms with Crippen LogP contribution in [-0.4, -0.2) is 28.5 Å². The summed E-state index contributed by atoms with van der Waals surface area (Å²) in [6.07, 6.45) is 6.25. The number of hydrogen-bond acceptors (Lipinski definition) is 1. The molecule has 0 atom stereocenters. The zero-order valence-corrected chi connectivity index (χ0v) is 13.7. The highest BCUT2D eigenvalue weighted by Crippen LogP contribution is 2.25. The summed E-state index contributed by atoms with van der Waals surface area (Å²) in [4.78, 5) is 14.4. The molecular formula is C17H18Cl2N2O. The summed E-state index contributed by atoms with van der Waals surface area (Å²) in [5, 5.41) is 0.902. The van der Waals surface area contributed by atoms with Crippen molar-refractivity contribution in [2.75, 3.05) is 13.1 Å². The molecule has 3 nitrogen and oxygen atoms in total. The van der Waals surface area contributed by atoms with Gasteiger partial charge < -0.3 is 9.47 Å². The Morgan fingerprint density at radius 1 is 1.09 bits per heavy atom. The van der Waals surface area contributed by atoms with Crippen LogP contribution in [0.15, 0.2) is 42.7 Å². The molecule has 0 radical (unpaired) electrons. The van der Waals surface area contributed by atoms with E-state index in [-0.39, 0.29) is 5.91 Å². The van der Waals surface area contributed by atoms with E-state index in [0.29, 0.717) is 21.5 Å². The Labute approximate surface area is 140 Å². The van der Waals surface area contributed by atoms with Gasteiger partial charge >= 0.3 is 0 Å². The molecule has 1 aromatic carbocycles. The number of halogens is 2. The van der Waals surface area contributed by atoms with Crippen molar-refractivity contribution < 1.29 is 4.79 Å². The van der Waals surface area contributed by atoms with Crippen LogP contribution in [0.4, 0.5) is 0 Å². The van der Waals surface area contributed by atoms with Gasteiger partial charge in [-0.2, -0.15) is 0 Å². The molecule has 3 rings (SSSR count). The van der Waals surface area contributed by atoms with Crippen molar-refractivity contribution in [1.82, 2.24) is 9.47 Å². The maximum atomic E-state index is 12.5. The van der Waals surface area contributed by atoms with Gasteiger partial charge in [0.25, 0.3) is 5.91 Å². The summed E-state index contributed by atoms with van der Waals surface area (Å²) in [6, 6.07) is 9.16. The van der Waals surface area contributed by atoms with Gasteiger partial charge in [0.05, 0.1) is 10.0 Å². The quantitative estimate of drug-likeness (QED) is 0.818. The van der Waals surface area contributed by atoms with E-state index in [0.717, 1.165) is 32.5 Å².